The van der Waals surface area contributed by atoms with Crippen molar-refractivity contribution in [1.29, 1.82) is 0 Å². The van der Waals surface area contributed by atoms with Crippen molar-refractivity contribution in [3.8, 4) is 0 Å². The Labute approximate surface area is 265 Å². The van der Waals surface area contributed by atoms with E-state index in [4.69, 9.17) is 24.3 Å². The van der Waals surface area contributed by atoms with Gasteiger partial charge in [0.15, 0.2) is 0 Å². The van der Waals surface area contributed by atoms with E-state index in [2.05, 4.69) is 13.8 Å². The molecule has 0 aromatic carbocycles. The molecule has 0 aromatic heterocycles. The lowest BCUT2D eigenvalue weighted by molar-refractivity contribution is -0.154. The Morgan fingerprint density at radius 1 is 0.605 bits per heavy atom. The molecular weight excluding hydrogens is 565 g/mol. The first-order valence-corrected chi connectivity index (χ1v) is 19.5. The van der Waals surface area contributed by atoms with E-state index in [0.717, 1.165) is 32.1 Å². The first-order chi connectivity index (χ1) is 20.9. The number of ether oxygens (including phenoxy) is 2. The van der Waals surface area contributed by atoms with E-state index in [9.17, 15) is 14.3 Å². The van der Waals surface area contributed by atoms with E-state index in [-0.39, 0.29) is 32.3 Å². The van der Waals surface area contributed by atoms with Gasteiger partial charge in [0.1, 0.15) is 6.10 Å². The Balaban J connectivity index is 3.97. The number of carbonyl (C=O) groups is 1. The van der Waals surface area contributed by atoms with Gasteiger partial charge in [0.25, 0.3) is 0 Å². The maximum atomic E-state index is 12.5. The molecule has 0 fully saturated rings. The van der Waals surface area contributed by atoms with E-state index < -0.39 is 13.9 Å². The van der Waals surface area contributed by atoms with Crippen LogP contribution in [0.4, 0.5) is 0 Å². The number of nitrogens with two attached hydrogens (primary N) is 1. The lowest BCUT2D eigenvalue weighted by Gasteiger charge is -2.20. The molecule has 0 spiro atoms. The summed E-state index contributed by atoms with van der Waals surface area (Å²) in [5, 5.41) is 0. The maximum Gasteiger partial charge on any atom is 0.472 e. The zero-order valence-electron chi connectivity index (χ0n) is 28.2. The minimum atomic E-state index is -4.25. The van der Waals surface area contributed by atoms with E-state index in [1.807, 2.05) is 0 Å². The number of hydrogen-bond donors (Lipinski definition) is 2. The summed E-state index contributed by atoms with van der Waals surface area (Å²) in [7, 11) is -4.25. The average molecular weight is 636 g/mol. The van der Waals surface area contributed by atoms with Crippen LogP contribution in [-0.2, 0) is 27.9 Å². The van der Waals surface area contributed by atoms with Crippen molar-refractivity contribution in [2.24, 2.45) is 5.73 Å². The van der Waals surface area contributed by atoms with Crippen molar-refractivity contribution in [2.45, 2.75) is 180 Å². The molecule has 0 saturated heterocycles. The third-order valence-electron chi connectivity index (χ3n) is 7.77. The molecule has 0 aromatic rings. The minimum Gasteiger partial charge on any atom is -0.457 e. The van der Waals surface area contributed by atoms with Crippen LogP contribution in [0, 0.1) is 0 Å². The largest absolute Gasteiger partial charge is 0.472 e. The summed E-state index contributed by atoms with van der Waals surface area (Å²) in [6, 6.07) is 0. The van der Waals surface area contributed by atoms with Crippen LogP contribution in [0.25, 0.3) is 0 Å². The molecule has 0 heterocycles. The van der Waals surface area contributed by atoms with Gasteiger partial charge in [-0.15, -0.1) is 0 Å². The molecular formula is C34H70NO7P. The van der Waals surface area contributed by atoms with Crippen LogP contribution < -0.4 is 5.73 Å². The zero-order valence-corrected chi connectivity index (χ0v) is 29.1. The summed E-state index contributed by atoms with van der Waals surface area (Å²) >= 11 is 0. The van der Waals surface area contributed by atoms with Crippen LogP contribution in [0.1, 0.15) is 174 Å². The topological polar surface area (TPSA) is 117 Å². The standard InChI is InChI=1S/C34H70NO7P/c1-3-5-7-9-11-12-13-14-15-16-17-18-19-20-21-23-25-27-34(36)42-33(32-41-43(37,38)40-30-28-35)31-39-29-26-24-22-10-8-6-4-2/h33H,3-32,35H2,1-2H3,(H,37,38). The molecule has 258 valence electrons. The highest BCUT2D eigenvalue weighted by Gasteiger charge is 2.25. The van der Waals surface area contributed by atoms with Crippen molar-refractivity contribution in [3.05, 3.63) is 0 Å². The fraction of sp³-hybridized carbons (Fsp3) is 0.971. The zero-order chi connectivity index (χ0) is 31.7. The molecule has 0 rings (SSSR count). The molecule has 2 unspecified atom stereocenters. The van der Waals surface area contributed by atoms with Crippen LogP contribution in [0.2, 0.25) is 0 Å². The number of phosphoric ester groups is 1. The molecule has 0 aliphatic carbocycles. The number of carbonyl (C=O) groups excluding carboxylic acids is 1. The summed E-state index contributed by atoms with van der Waals surface area (Å²) in [6.07, 6.45) is 29.8. The Morgan fingerprint density at radius 2 is 1.02 bits per heavy atom. The molecule has 0 bridgehead atoms. The van der Waals surface area contributed by atoms with Gasteiger partial charge >= 0.3 is 13.8 Å². The normalized spacial score (nSPS) is 13.7. The Morgan fingerprint density at radius 3 is 1.47 bits per heavy atom. The number of phosphoric acid groups is 1. The van der Waals surface area contributed by atoms with Gasteiger partial charge in [0.05, 0.1) is 19.8 Å². The van der Waals surface area contributed by atoms with Crippen LogP contribution in [0.5, 0.6) is 0 Å². The van der Waals surface area contributed by atoms with Gasteiger partial charge in [-0.25, -0.2) is 4.57 Å². The average Bonchev–Trinajstić information content (AvgIpc) is 2.99. The number of hydrogen-bond acceptors (Lipinski definition) is 7. The summed E-state index contributed by atoms with van der Waals surface area (Å²) < 4.78 is 33.1. The van der Waals surface area contributed by atoms with Crippen LogP contribution >= 0.6 is 7.82 Å². The molecule has 3 N–H and O–H groups in total. The molecule has 9 heteroatoms. The highest BCUT2D eigenvalue weighted by molar-refractivity contribution is 7.47. The molecule has 8 nitrogen and oxygen atoms in total. The third-order valence-corrected chi connectivity index (χ3v) is 8.76. The van der Waals surface area contributed by atoms with Gasteiger partial charge in [-0.05, 0) is 12.8 Å². The van der Waals surface area contributed by atoms with Crippen molar-refractivity contribution in [3.63, 3.8) is 0 Å². The van der Waals surface area contributed by atoms with Gasteiger partial charge in [-0.1, -0.05) is 155 Å². The first-order valence-electron chi connectivity index (χ1n) is 18.0. The summed E-state index contributed by atoms with van der Waals surface area (Å²) in [5.74, 6) is -0.329. The van der Waals surface area contributed by atoms with Gasteiger partial charge in [0.2, 0.25) is 0 Å². The smallest absolute Gasteiger partial charge is 0.457 e. The fourth-order valence-electron chi connectivity index (χ4n) is 5.11. The Kier molecular flexibility index (Phi) is 32.5. The van der Waals surface area contributed by atoms with Crippen molar-refractivity contribution in [2.75, 3.05) is 33.0 Å². The van der Waals surface area contributed by atoms with Crippen LogP contribution in [-0.4, -0.2) is 49.9 Å². The summed E-state index contributed by atoms with van der Waals surface area (Å²) in [5.41, 5.74) is 5.33. The summed E-state index contributed by atoms with van der Waals surface area (Å²) in [4.78, 5) is 22.3. The van der Waals surface area contributed by atoms with Crippen LogP contribution in [0.3, 0.4) is 0 Å². The fourth-order valence-corrected chi connectivity index (χ4v) is 5.88. The molecule has 0 aliphatic rings. The number of unbranched alkanes of at least 4 members (excludes halogenated alkanes) is 22. The van der Waals surface area contributed by atoms with Crippen molar-refractivity contribution < 1.29 is 32.8 Å². The first kappa shape index (κ1) is 42.5. The quantitative estimate of drug-likeness (QED) is 0.0401. The molecule has 0 saturated carbocycles. The SMILES string of the molecule is CCCCCCCCCCCCCCCCCCCC(=O)OC(COCCCCCCCCC)COP(=O)(O)OCCN. The lowest BCUT2D eigenvalue weighted by Crippen LogP contribution is -2.28. The predicted molar refractivity (Wildman–Crippen MR) is 178 cm³/mol. The van der Waals surface area contributed by atoms with Gasteiger partial charge in [0, 0.05) is 19.6 Å². The molecule has 0 radical (unpaired) electrons. The third kappa shape index (κ3) is 32.7. The highest BCUT2D eigenvalue weighted by Crippen LogP contribution is 2.43. The predicted octanol–water partition coefficient (Wildman–Crippen LogP) is 9.80. The molecule has 2 atom stereocenters. The molecule has 0 aliphatic heterocycles. The van der Waals surface area contributed by atoms with Crippen molar-refractivity contribution in [1.82, 2.24) is 0 Å². The minimum absolute atomic E-state index is 0.0910. The Bertz CT molecular complexity index is 638. The van der Waals surface area contributed by atoms with Gasteiger partial charge in [-0.3, -0.25) is 13.8 Å². The van der Waals surface area contributed by atoms with Crippen LogP contribution in [0.15, 0.2) is 0 Å². The second kappa shape index (κ2) is 32.9. The summed E-state index contributed by atoms with van der Waals surface area (Å²) in [6.45, 7) is 4.91. The van der Waals surface area contributed by atoms with E-state index >= 15 is 0 Å². The van der Waals surface area contributed by atoms with Gasteiger partial charge < -0.3 is 20.1 Å². The Hall–Kier alpha value is -0.500. The molecule has 0 amide bonds. The maximum absolute atomic E-state index is 12.5. The highest BCUT2D eigenvalue weighted by atomic mass is 31.2. The van der Waals surface area contributed by atoms with Crippen molar-refractivity contribution >= 4 is 13.8 Å². The van der Waals surface area contributed by atoms with E-state index in [1.165, 1.54) is 122 Å². The monoisotopic (exact) mass is 635 g/mol. The second-order valence-corrected chi connectivity index (χ2v) is 13.6. The molecule has 43 heavy (non-hydrogen) atoms. The lowest BCUT2D eigenvalue weighted by atomic mass is 10.0. The van der Waals surface area contributed by atoms with E-state index in [0.29, 0.717) is 13.0 Å². The number of esters is 1. The number of rotatable bonds is 35. The van der Waals surface area contributed by atoms with E-state index in [1.54, 1.807) is 0 Å². The van der Waals surface area contributed by atoms with Gasteiger partial charge in [-0.2, -0.15) is 0 Å². The second-order valence-electron chi connectivity index (χ2n) is 12.1.